The van der Waals surface area contributed by atoms with Gasteiger partial charge in [0.15, 0.2) is 6.29 Å². The largest absolute Gasteiger partial charge is 0.392 e. The summed E-state index contributed by atoms with van der Waals surface area (Å²) in [4.78, 5) is 2.78. The van der Waals surface area contributed by atoms with Crippen LogP contribution in [-0.2, 0) is 32.6 Å². The Kier molecular flexibility index (Phi) is 11.2. The first-order valence-electron chi connectivity index (χ1n) is 16.9. The van der Waals surface area contributed by atoms with Crippen LogP contribution in [0.2, 0.25) is 0 Å². The van der Waals surface area contributed by atoms with Crippen molar-refractivity contribution >= 4 is 10.0 Å². The lowest BCUT2D eigenvalue weighted by atomic mass is 9.89. The normalized spacial score (nSPS) is 21.8. The van der Waals surface area contributed by atoms with E-state index in [1.807, 2.05) is 42.5 Å². The van der Waals surface area contributed by atoms with Gasteiger partial charge in [0.2, 0.25) is 10.0 Å². The molecule has 1 aliphatic carbocycles. The molecule has 0 unspecified atom stereocenters. The number of aliphatic hydroxyl groups excluding tert-OH is 1. The van der Waals surface area contributed by atoms with Crippen LogP contribution in [0.25, 0.3) is 11.1 Å². The molecule has 8 heteroatoms. The van der Waals surface area contributed by atoms with Crippen molar-refractivity contribution < 1.29 is 23.0 Å². The number of sulfonamides is 1. The lowest BCUT2D eigenvalue weighted by Crippen LogP contribution is -2.47. The molecule has 2 fully saturated rings. The molecule has 4 atom stereocenters. The molecule has 4 aromatic rings. The quantitative estimate of drug-likeness (QED) is 0.143. The molecule has 4 aromatic carbocycles. The molecule has 0 amide bonds. The molecule has 0 spiro atoms. The molecule has 2 N–H and O–H groups in total. The first kappa shape index (κ1) is 34.2. The number of rotatable bonds is 13. The molecule has 0 radical (unpaired) electrons. The van der Waals surface area contributed by atoms with Gasteiger partial charge in [0.05, 0.1) is 23.7 Å². The van der Waals surface area contributed by atoms with E-state index in [2.05, 4.69) is 59.5 Å². The van der Waals surface area contributed by atoms with Crippen LogP contribution >= 0.6 is 0 Å². The predicted molar refractivity (Wildman–Crippen MR) is 189 cm³/mol. The van der Waals surface area contributed by atoms with Gasteiger partial charge in [-0.1, -0.05) is 111 Å². The second-order valence-electron chi connectivity index (χ2n) is 13.0. The fourth-order valence-electron chi connectivity index (χ4n) is 6.92. The monoisotopic (exact) mass is 666 g/mol. The number of hydrogen-bond donors (Lipinski definition) is 2. The van der Waals surface area contributed by atoms with Crippen molar-refractivity contribution in [1.82, 2.24) is 9.62 Å². The Labute approximate surface area is 285 Å². The highest BCUT2D eigenvalue weighted by Crippen LogP contribution is 2.42. The van der Waals surface area contributed by atoms with Gasteiger partial charge in [-0.2, -0.15) is 0 Å². The third-order valence-corrected chi connectivity index (χ3v) is 11.1. The number of benzene rings is 4. The average Bonchev–Trinajstić information content (AvgIpc) is 3.67. The van der Waals surface area contributed by atoms with Crippen LogP contribution in [0.5, 0.6) is 0 Å². The molecule has 0 aromatic heterocycles. The van der Waals surface area contributed by atoms with Gasteiger partial charge in [-0.15, -0.1) is 6.58 Å². The van der Waals surface area contributed by atoms with Crippen LogP contribution in [0.15, 0.2) is 121 Å². The van der Waals surface area contributed by atoms with Crippen molar-refractivity contribution in [3.63, 3.8) is 0 Å². The smallest absolute Gasteiger partial charge is 0.240 e. The summed E-state index contributed by atoms with van der Waals surface area (Å²) in [5.74, 6) is 0.108. The van der Waals surface area contributed by atoms with Gasteiger partial charge in [0.1, 0.15) is 0 Å². The van der Waals surface area contributed by atoms with E-state index in [0.29, 0.717) is 6.04 Å². The molecule has 252 valence electrons. The topological polar surface area (TPSA) is 88.1 Å². The summed E-state index contributed by atoms with van der Waals surface area (Å²) in [6.45, 7) is 8.09. The fraction of sp³-hybridized carbons (Fsp3) is 0.350. The zero-order chi connectivity index (χ0) is 33.5. The first-order chi connectivity index (χ1) is 23.3. The van der Waals surface area contributed by atoms with E-state index in [0.717, 1.165) is 46.5 Å². The lowest BCUT2D eigenvalue weighted by molar-refractivity contribution is -0.276. The van der Waals surface area contributed by atoms with Gasteiger partial charge in [-0.25, -0.2) is 13.1 Å². The third kappa shape index (κ3) is 8.14. The highest BCUT2D eigenvalue weighted by atomic mass is 32.2. The third-order valence-electron chi connectivity index (χ3n) is 9.71. The van der Waals surface area contributed by atoms with Crippen molar-refractivity contribution in [3.05, 3.63) is 138 Å². The van der Waals surface area contributed by atoms with Crippen LogP contribution in [0, 0.1) is 5.92 Å². The minimum atomic E-state index is -3.60. The highest BCUT2D eigenvalue weighted by molar-refractivity contribution is 7.89. The molecule has 1 saturated carbocycles. The second kappa shape index (κ2) is 15.7. The summed E-state index contributed by atoms with van der Waals surface area (Å²) in [5.41, 5.74) is 5.77. The van der Waals surface area contributed by atoms with Crippen LogP contribution in [-0.4, -0.2) is 43.7 Å². The molecular weight excluding hydrogens is 621 g/mol. The second-order valence-corrected chi connectivity index (χ2v) is 14.7. The Hall–Kier alpha value is -3.63. The number of nitrogens with one attached hydrogen (secondary N) is 1. The number of ether oxygens (including phenoxy) is 2. The van der Waals surface area contributed by atoms with Crippen molar-refractivity contribution in [2.24, 2.45) is 5.92 Å². The van der Waals surface area contributed by atoms with Gasteiger partial charge < -0.3 is 14.6 Å². The molecule has 7 nitrogen and oxygen atoms in total. The number of hydrogen-bond acceptors (Lipinski definition) is 6. The van der Waals surface area contributed by atoms with Crippen molar-refractivity contribution in [1.29, 1.82) is 0 Å². The first-order valence-corrected chi connectivity index (χ1v) is 18.4. The van der Waals surface area contributed by atoms with E-state index in [-0.39, 0.29) is 36.2 Å². The standard InChI is InChI=1S/C40H46N2O5S/c1-3-24-42(36-12-7-8-13-36)27-38-29(2)39(33-18-16-30(28-43)17-19-33)47-40(46-38)34-22-20-32(21-23-34)35-11-9-10-31(25-35)26-41-48(44,45)37-14-5-4-6-15-37/h3-6,9-11,14-23,25,29,36,38-41,43H,1,7-8,12-13,24,26-28H2,2H3/t29-,38+,39+,40+/m1/s1. The molecule has 1 heterocycles. The SMILES string of the molecule is C=CCN(C[C@@H]1O[C@H](c2ccc(-c3cccc(CNS(=O)(=O)c4ccccc4)c3)cc2)O[C@H](c2ccc(CO)cc2)[C@@H]1C)C1CCCC1. The Morgan fingerprint density at radius 2 is 1.56 bits per heavy atom. The molecule has 1 aliphatic heterocycles. The Bertz CT molecular complexity index is 1740. The summed E-state index contributed by atoms with van der Waals surface area (Å²) in [7, 11) is -3.60. The minimum Gasteiger partial charge on any atom is -0.392 e. The predicted octanol–water partition coefficient (Wildman–Crippen LogP) is 7.55. The van der Waals surface area contributed by atoms with Gasteiger partial charge in [0.25, 0.3) is 0 Å². The van der Waals surface area contributed by atoms with E-state index >= 15 is 0 Å². The summed E-state index contributed by atoms with van der Waals surface area (Å²) >= 11 is 0. The lowest BCUT2D eigenvalue weighted by Gasteiger charge is -2.43. The number of nitrogens with zero attached hydrogens (tertiary/aromatic N) is 1. The maximum atomic E-state index is 12.7. The summed E-state index contributed by atoms with van der Waals surface area (Å²) in [6.07, 6.45) is 6.18. The van der Waals surface area contributed by atoms with Gasteiger partial charge in [-0.3, -0.25) is 4.90 Å². The molecule has 1 saturated heterocycles. The zero-order valence-corrected chi connectivity index (χ0v) is 28.4. The maximum Gasteiger partial charge on any atom is 0.240 e. The Morgan fingerprint density at radius 3 is 2.25 bits per heavy atom. The van der Waals surface area contributed by atoms with E-state index < -0.39 is 16.3 Å². The van der Waals surface area contributed by atoms with Crippen molar-refractivity contribution in [3.8, 4) is 11.1 Å². The molecular formula is C40H46N2O5S. The highest BCUT2D eigenvalue weighted by Gasteiger charge is 2.40. The molecule has 48 heavy (non-hydrogen) atoms. The fourth-order valence-corrected chi connectivity index (χ4v) is 7.96. The van der Waals surface area contributed by atoms with Crippen molar-refractivity contribution in [2.75, 3.05) is 13.1 Å². The Morgan fingerprint density at radius 1 is 0.854 bits per heavy atom. The molecule has 6 rings (SSSR count). The van der Waals surface area contributed by atoms with Gasteiger partial charge in [-0.05, 0) is 58.9 Å². The van der Waals surface area contributed by atoms with E-state index in [9.17, 15) is 13.5 Å². The summed E-state index contributed by atoms with van der Waals surface area (Å²) in [6, 6.07) is 33.1. The van der Waals surface area contributed by atoms with Crippen LogP contribution < -0.4 is 4.72 Å². The minimum absolute atomic E-state index is 0.00613. The molecule has 2 aliphatic rings. The van der Waals surface area contributed by atoms with E-state index in [4.69, 9.17) is 9.47 Å². The van der Waals surface area contributed by atoms with Gasteiger partial charge in [0, 0.05) is 37.2 Å². The van der Waals surface area contributed by atoms with E-state index in [1.54, 1.807) is 30.3 Å². The molecule has 0 bridgehead atoms. The van der Waals surface area contributed by atoms with Crippen LogP contribution in [0.3, 0.4) is 0 Å². The van der Waals surface area contributed by atoms with Crippen LogP contribution in [0.1, 0.15) is 67.3 Å². The Balaban J connectivity index is 1.20. The van der Waals surface area contributed by atoms with Crippen LogP contribution in [0.4, 0.5) is 0 Å². The van der Waals surface area contributed by atoms with Gasteiger partial charge >= 0.3 is 0 Å². The zero-order valence-electron chi connectivity index (χ0n) is 27.6. The van der Waals surface area contributed by atoms with E-state index in [1.165, 1.54) is 25.7 Å². The average molecular weight is 667 g/mol. The maximum absolute atomic E-state index is 12.7. The summed E-state index contributed by atoms with van der Waals surface area (Å²) in [5, 5.41) is 9.61. The number of aliphatic hydroxyl groups is 1. The summed E-state index contributed by atoms with van der Waals surface area (Å²) < 4.78 is 41.7. The van der Waals surface area contributed by atoms with Crippen molar-refractivity contribution in [2.45, 2.75) is 75.2 Å².